The molecule has 1 heterocycles. The van der Waals surface area contributed by atoms with Gasteiger partial charge in [-0.1, -0.05) is 74.5 Å². The number of carbonyl (C=O) groups excluding carboxylic acids is 2. The van der Waals surface area contributed by atoms with Crippen molar-refractivity contribution >= 4 is 11.8 Å². The Hall–Kier alpha value is -3.41. The van der Waals surface area contributed by atoms with Crippen molar-refractivity contribution in [1.82, 2.24) is 15.1 Å². The van der Waals surface area contributed by atoms with E-state index in [9.17, 15) is 9.59 Å². The molecule has 2 aromatic carbocycles. The third-order valence-corrected chi connectivity index (χ3v) is 5.92. The minimum absolute atomic E-state index is 0.0984. The van der Waals surface area contributed by atoms with Gasteiger partial charge < -0.3 is 11.1 Å². The molecule has 3 aromatic rings. The second-order valence-corrected chi connectivity index (χ2v) is 10.4. The van der Waals surface area contributed by atoms with Crippen LogP contribution in [-0.2, 0) is 27.0 Å². The summed E-state index contributed by atoms with van der Waals surface area (Å²) < 4.78 is 1.97. The molecule has 1 aromatic heterocycles. The number of aromatic nitrogens is 2. The predicted molar refractivity (Wildman–Crippen MR) is 136 cm³/mol. The first kappa shape index (κ1) is 25.2. The molecule has 34 heavy (non-hydrogen) atoms. The lowest BCUT2D eigenvalue weighted by Gasteiger charge is -2.27. The van der Waals surface area contributed by atoms with Crippen LogP contribution in [0.1, 0.15) is 69.5 Å². The smallest absolute Gasteiger partial charge is 0.233 e. The van der Waals surface area contributed by atoms with Gasteiger partial charge in [0.05, 0.1) is 16.9 Å². The molecule has 1 unspecified atom stereocenters. The van der Waals surface area contributed by atoms with Gasteiger partial charge >= 0.3 is 0 Å². The van der Waals surface area contributed by atoms with Crippen LogP contribution in [0.4, 0.5) is 0 Å². The van der Waals surface area contributed by atoms with Crippen LogP contribution in [0.5, 0.6) is 0 Å². The fourth-order valence-electron chi connectivity index (χ4n) is 4.18. The second kappa shape index (κ2) is 10.2. The van der Waals surface area contributed by atoms with Crippen LogP contribution in [0.15, 0.2) is 66.7 Å². The molecular formula is C28H36N4O2. The first-order valence-corrected chi connectivity index (χ1v) is 11.7. The molecule has 0 aliphatic carbocycles. The molecule has 2 amide bonds. The van der Waals surface area contributed by atoms with E-state index in [1.165, 1.54) is 5.56 Å². The fraction of sp³-hybridized carbons (Fsp3) is 0.393. The van der Waals surface area contributed by atoms with E-state index in [0.717, 1.165) is 23.4 Å². The molecule has 0 fully saturated rings. The van der Waals surface area contributed by atoms with E-state index < -0.39 is 11.8 Å². The highest BCUT2D eigenvalue weighted by atomic mass is 16.2. The van der Waals surface area contributed by atoms with Crippen LogP contribution in [-0.4, -0.2) is 28.1 Å². The van der Waals surface area contributed by atoms with Crippen molar-refractivity contribution in [2.24, 2.45) is 5.73 Å². The van der Waals surface area contributed by atoms with Gasteiger partial charge in [-0.2, -0.15) is 5.10 Å². The van der Waals surface area contributed by atoms with Crippen molar-refractivity contribution < 1.29 is 9.59 Å². The molecule has 3 N–H and O–H groups in total. The molecule has 6 nitrogen and oxygen atoms in total. The van der Waals surface area contributed by atoms with Crippen LogP contribution >= 0.6 is 0 Å². The third kappa shape index (κ3) is 6.13. The van der Waals surface area contributed by atoms with Gasteiger partial charge in [-0.05, 0) is 44.4 Å². The van der Waals surface area contributed by atoms with Gasteiger partial charge in [-0.3, -0.25) is 14.3 Å². The summed E-state index contributed by atoms with van der Waals surface area (Å²) in [5.41, 5.74) is 8.57. The quantitative estimate of drug-likeness (QED) is 0.499. The van der Waals surface area contributed by atoms with Crippen molar-refractivity contribution in [3.8, 4) is 0 Å². The molecule has 0 radical (unpaired) electrons. The highest BCUT2D eigenvalue weighted by Crippen LogP contribution is 2.34. The lowest BCUT2D eigenvalue weighted by Crippen LogP contribution is -2.35. The number of nitrogens with one attached hydrogen (secondary N) is 1. The summed E-state index contributed by atoms with van der Waals surface area (Å²) in [6.45, 7) is 10.8. The van der Waals surface area contributed by atoms with E-state index in [1.807, 2.05) is 53.2 Å². The largest absolute Gasteiger partial charge is 0.370 e. The van der Waals surface area contributed by atoms with Gasteiger partial charge in [-0.15, -0.1) is 0 Å². The Kier molecular flexibility index (Phi) is 7.60. The Morgan fingerprint density at radius 2 is 1.56 bits per heavy atom. The van der Waals surface area contributed by atoms with Gasteiger partial charge in [0.1, 0.15) is 5.92 Å². The summed E-state index contributed by atoms with van der Waals surface area (Å²) in [5.74, 6) is -1.19. The molecule has 0 spiro atoms. The molecular weight excluding hydrogens is 424 g/mol. The summed E-state index contributed by atoms with van der Waals surface area (Å²) in [4.78, 5) is 24.6. The van der Waals surface area contributed by atoms with Crippen LogP contribution in [0.25, 0.3) is 0 Å². The summed E-state index contributed by atoms with van der Waals surface area (Å²) in [5, 5.41) is 7.95. The first-order chi connectivity index (χ1) is 16.0. The average Bonchev–Trinajstić information content (AvgIpc) is 3.21. The van der Waals surface area contributed by atoms with E-state index in [2.05, 4.69) is 58.1 Å². The topological polar surface area (TPSA) is 90.0 Å². The first-order valence-electron chi connectivity index (χ1n) is 11.7. The summed E-state index contributed by atoms with van der Waals surface area (Å²) in [6.07, 6.45) is 0.927. The predicted octanol–water partition coefficient (Wildman–Crippen LogP) is 4.28. The molecule has 0 bridgehead atoms. The van der Waals surface area contributed by atoms with Crippen molar-refractivity contribution in [3.05, 3.63) is 89.2 Å². The monoisotopic (exact) mass is 460 g/mol. The number of carbonyl (C=O) groups is 2. The van der Waals surface area contributed by atoms with E-state index in [0.29, 0.717) is 0 Å². The minimum atomic E-state index is -0.568. The number of primary amides is 1. The van der Waals surface area contributed by atoms with E-state index in [1.54, 1.807) is 0 Å². The lowest BCUT2D eigenvalue weighted by atomic mass is 9.82. The molecule has 6 heteroatoms. The van der Waals surface area contributed by atoms with Crippen LogP contribution < -0.4 is 11.1 Å². The molecule has 1 atom stereocenters. The Labute approximate surface area is 202 Å². The van der Waals surface area contributed by atoms with Gasteiger partial charge in [0.25, 0.3) is 0 Å². The Morgan fingerprint density at radius 3 is 2.12 bits per heavy atom. The second-order valence-electron chi connectivity index (χ2n) is 10.4. The zero-order valence-electron chi connectivity index (χ0n) is 20.8. The van der Waals surface area contributed by atoms with Crippen molar-refractivity contribution in [3.63, 3.8) is 0 Å². The maximum absolute atomic E-state index is 13.5. The maximum atomic E-state index is 13.5. The van der Waals surface area contributed by atoms with E-state index in [-0.39, 0.29) is 29.8 Å². The average molecular weight is 461 g/mol. The van der Waals surface area contributed by atoms with Crippen LogP contribution in [0.3, 0.4) is 0 Å². The number of hydrogen-bond donors (Lipinski definition) is 2. The Morgan fingerprint density at radius 1 is 0.971 bits per heavy atom. The SMILES string of the molecule is CC(C)(Cc1ccccc1)c1cc(C(C(=O)NCCC(N)=O)c2ccccc2)n(C(C)(C)C)n1. The van der Waals surface area contributed by atoms with Crippen molar-refractivity contribution in [2.75, 3.05) is 6.54 Å². The molecule has 0 saturated carbocycles. The number of rotatable bonds is 9. The molecule has 0 aliphatic heterocycles. The Balaban J connectivity index is 2.06. The molecule has 3 rings (SSSR count). The fourth-order valence-corrected chi connectivity index (χ4v) is 4.18. The number of hydrogen-bond acceptors (Lipinski definition) is 3. The third-order valence-electron chi connectivity index (χ3n) is 5.92. The molecule has 0 aliphatic rings. The number of nitrogens with zero attached hydrogens (tertiary/aromatic N) is 2. The summed E-state index contributed by atoms with van der Waals surface area (Å²) >= 11 is 0. The van der Waals surface area contributed by atoms with E-state index >= 15 is 0 Å². The van der Waals surface area contributed by atoms with Crippen LogP contribution in [0, 0.1) is 0 Å². The normalized spacial score (nSPS) is 12.9. The van der Waals surface area contributed by atoms with Gasteiger partial charge in [0, 0.05) is 18.4 Å². The van der Waals surface area contributed by atoms with Gasteiger partial charge in [0.15, 0.2) is 0 Å². The summed E-state index contributed by atoms with van der Waals surface area (Å²) in [6, 6.07) is 22.1. The lowest BCUT2D eigenvalue weighted by molar-refractivity contribution is -0.122. The number of amides is 2. The highest BCUT2D eigenvalue weighted by molar-refractivity contribution is 5.87. The molecule has 0 saturated heterocycles. The standard InChI is InChI=1S/C28H36N4O2/c1-27(2,3)32-22(18-23(31-32)28(4,5)19-20-12-8-6-9-13-20)25(21-14-10-7-11-15-21)26(34)30-17-16-24(29)33/h6-15,18,25H,16-17,19H2,1-5H3,(H2,29,33)(H,30,34). The minimum Gasteiger partial charge on any atom is -0.370 e. The van der Waals surface area contributed by atoms with Gasteiger partial charge in [-0.25, -0.2) is 0 Å². The van der Waals surface area contributed by atoms with Crippen molar-refractivity contribution in [2.45, 2.75) is 64.3 Å². The van der Waals surface area contributed by atoms with Gasteiger partial charge in [0.2, 0.25) is 11.8 Å². The van der Waals surface area contributed by atoms with E-state index in [4.69, 9.17) is 10.8 Å². The summed E-state index contributed by atoms with van der Waals surface area (Å²) in [7, 11) is 0. The maximum Gasteiger partial charge on any atom is 0.233 e. The van der Waals surface area contributed by atoms with Crippen molar-refractivity contribution in [1.29, 1.82) is 0 Å². The zero-order chi connectivity index (χ0) is 24.9. The number of nitrogens with two attached hydrogens (primary N) is 1. The van der Waals surface area contributed by atoms with Crippen LogP contribution in [0.2, 0.25) is 0 Å². The molecule has 180 valence electrons. The highest BCUT2D eigenvalue weighted by Gasteiger charge is 2.34. The Bertz CT molecular complexity index is 1110. The zero-order valence-corrected chi connectivity index (χ0v) is 20.8. The number of benzene rings is 2.